The molecule has 0 fully saturated rings. The summed E-state index contributed by atoms with van der Waals surface area (Å²) in [6.45, 7) is 7.62. The van der Waals surface area contributed by atoms with E-state index in [9.17, 15) is 9.90 Å². The summed E-state index contributed by atoms with van der Waals surface area (Å²) in [7, 11) is 0. The Labute approximate surface area is 315 Å². The maximum atomic E-state index is 13.6. The van der Waals surface area contributed by atoms with Gasteiger partial charge in [-0.25, -0.2) is 14.5 Å². The van der Waals surface area contributed by atoms with Gasteiger partial charge in [-0.15, -0.1) is 5.10 Å². The molecule has 0 aliphatic heterocycles. The third-order valence-corrected chi connectivity index (χ3v) is 9.68. The lowest BCUT2D eigenvalue weighted by atomic mass is 9.77. The lowest BCUT2D eigenvalue weighted by Crippen LogP contribution is -2.39. The minimum atomic E-state index is -1.37. The first-order chi connectivity index (χ1) is 26.3. The first-order valence-electron chi connectivity index (χ1n) is 18.4. The van der Waals surface area contributed by atoms with Crippen LogP contribution in [0.5, 0.6) is 0 Å². The smallest absolute Gasteiger partial charge is 0.357 e. The van der Waals surface area contributed by atoms with Gasteiger partial charge in [0.2, 0.25) is 0 Å². The zero-order valence-corrected chi connectivity index (χ0v) is 31.1. The number of hydrogen-bond donors (Lipinski definition) is 1. The molecule has 9 nitrogen and oxygen atoms in total. The number of nitrogens with zero attached hydrogens (tertiary/aromatic N) is 6. The lowest BCUT2D eigenvalue weighted by molar-refractivity contribution is 0.0469. The van der Waals surface area contributed by atoms with Crippen molar-refractivity contribution in [2.45, 2.75) is 58.2 Å². The Bertz CT molecular complexity index is 2230. The molecule has 1 N–H and O–H groups in total. The number of rotatable bonds is 13. The highest BCUT2D eigenvalue weighted by Crippen LogP contribution is 2.43. The van der Waals surface area contributed by atoms with Gasteiger partial charge in [0.15, 0.2) is 11.5 Å². The fraction of sp³-hybridized carbons (Fsp3) is 0.222. The molecule has 9 heteroatoms. The van der Waals surface area contributed by atoms with Crippen molar-refractivity contribution in [1.29, 1.82) is 0 Å². The Morgan fingerprint density at radius 1 is 0.741 bits per heavy atom. The summed E-state index contributed by atoms with van der Waals surface area (Å²) in [5.41, 5.74) is 4.87. The lowest BCUT2D eigenvalue weighted by Gasteiger charge is -2.36. The molecular formula is C45H44N6O3. The zero-order chi connectivity index (χ0) is 37.7. The van der Waals surface area contributed by atoms with E-state index in [1.807, 2.05) is 82.0 Å². The van der Waals surface area contributed by atoms with Gasteiger partial charge in [-0.3, -0.25) is 0 Å². The van der Waals surface area contributed by atoms with Gasteiger partial charge in [0.1, 0.15) is 22.7 Å². The van der Waals surface area contributed by atoms with E-state index in [-0.39, 0.29) is 12.3 Å². The molecule has 7 aromatic rings. The van der Waals surface area contributed by atoms with Gasteiger partial charge in [0.25, 0.3) is 0 Å². The highest BCUT2D eigenvalue weighted by molar-refractivity contribution is 5.89. The molecule has 2 aromatic heterocycles. The number of aliphatic hydroxyl groups is 1. The van der Waals surface area contributed by atoms with Crippen molar-refractivity contribution in [1.82, 2.24) is 29.8 Å². The fourth-order valence-electron chi connectivity index (χ4n) is 7.33. The van der Waals surface area contributed by atoms with Crippen LogP contribution in [0.15, 0.2) is 140 Å². The predicted octanol–water partition coefficient (Wildman–Crippen LogP) is 8.45. The highest BCUT2D eigenvalue weighted by atomic mass is 16.5. The maximum absolute atomic E-state index is 13.6. The molecular weight excluding hydrogens is 673 g/mol. The number of tetrazole rings is 1. The quantitative estimate of drug-likeness (QED) is 0.0943. The number of imidazole rings is 1. The molecule has 0 saturated carbocycles. The molecule has 5 aromatic carbocycles. The van der Waals surface area contributed by atoms with E-state index in [1.165, 1.54) is 0 Å². The Hall–Kier alpha value is -6.19. The number of ether oxygens (including phenoxy) is 1. The predicted molar refractivity (Wildman–Crippen MR) is 210 cm³/mol. The molecule has 7 rings (SSSR count). The average molecular weight is 717 g/mol. The minimum absolute atomic E-state index is 0.197. The number of benzene rings is 5. The van der Waals surface area contributed by atoms with Crippen molar-refractivity contribution >= 4 is 5.97 Å². The molecule has 2 heterocycles. The van der Waals surface area contributed by atoms with E-state index >= 15 is 0 Å². The first kappa shape index (κ1) is 36.2. The van der Waals surface area contributed by atoms with E-state index in [0.29, 0.717) is 30.3 Å². The number of hydrogen-bond acceptors (Lipinski definition) is 7. The summed E-state index contributed by atoms with van der Waals surface area (Å²) in [4.78, 5) is 18.4. The molecule has 0 bridgehead atoms. The van der Waals surface area contributed by atoms with Crippen LogP contribution in [0.4, 0.5) is 0 Å². The highest BCUT2D eigenvalue weighted by Gasteiger charge is 2.42. The van der Waals surface area contributed by atoms with Gasteiger partial charge in [-0.05, 0) is 77.1 Å². The third-order valence-electron chi connectivity index (χ3n) is 9.68. The van der Waals surface area contributed by atoms with Gasteiger partial charge in [0.05, 0.1) is 6.61 Å². The summed E-state index contributed by atoms with van der Waals surface area (Å²) in [5.74, 6) is 0.745. The second-order valence-electron chi connectivity index (χ2n) is 13.8. The van der Waals surface area contributed by atoms with Gasteiger partial charge < -0.3 is 14.4 Å². The van der Waals surface area contributed by atoms with Crippen molar-refractivity contribution in [2.24, 2.45) is 0 Å². The van der Waals surface area contributed by atoms with E-state index in [2.05, 4.69) is 78.9 Å². The first-order valence-corrected chi connectivity index (χ1v) is 18.4. The minimum Gasteiger partial charge on any atom is -0.461 e. The van der Waals surface area contributed by atoms with Crippen molar-refractivity contribution in [2.75, 3.05) is 6.61 Å². The largest absolute Gasteiger partial charge is 0.461 e. The van der Waals surface area contributed by atoms with Crippen molar-refractivity contribution in [3.8, 4) is 22.5 Å². The van der Waals surface area contributed by atoms with Crippen LogP contribution < -0.4 is 0 Å². The summed E-state index contributed by atoms with van der Waals surface area (Å²) in [6.07, 6.45) is 1.42. The SMILES string of the molecule is CCCc1nc(C(C)(C)O)c(C(=O)OCC)n1Cc1ccc(-c2ccccc2)c(-c2nnnn2C(c2ccccc2)(c2ccccc2)c2ccccc2)c1. The van der Waals surface area contributed by atoms with Gasteiger partial charge >= 0.3 is 5.97 Å². The molecule has 0 saturated heterocycles. The number of carbonyl (C=O) groups excluding carboxylic acids is 1. The van der Waals surface area contributed by atoms with Gasteiger partial charge in [-0.1, -0.05) is 140 Å². The van der Waals surface area contributed by atoms with E-state index in [0.717, 1.165) is 45.4 Å². The van der Waals surface area contributed by atoms with E-state index in [1.54, 1.807) is 20.8 Å². The van der Waals surface area contributed by atoms with Crippen LogP contribution in [-0.4, -0.2) is 47.4 Å². The van der Waals surface area contributed by atoms with Gasteiger partial charge in [0, 0.05) is 18.5 Å². The molecule has 0 spiro atoms. The number of carbonyl (C=O) groups is 1. The Morgan fingerprint density at radius 3 is 1.81 bits per heavy atom. The Kier molecular flexibility index (Phi) is 10.3. The summed E-state index contributed by atoms with van der Waals surface area (Å²) in [5, 5.41) is 25.2. The normalized spacial score (nSPS) is 11.8. The maximum Gasteiger partial charge on any atom is 0.357 e. The average Bonchev–Trinajstić information content (AvgIpc) is 3.83. The Morgan fingerprint density at radius 2 is 1.30 bits per heavy atom. The number of aromatic nitrogens is 6. The Balaban J connectivity index is 1.50. The standard InChI is InChI=1S/C45H44N6O3/c1-5-19-39-46-41(44(3,4)53)40(43(52)54-6-2)50(39)31-32-28-29-37(33-20-11-7-12-21-33)38(30-32)42-47-48-49-51(42)45(34-22-13-8-14-23-34,35-24-15-9-16-25-35)36-26-17-10-18-27-36/h7-18,20-30,53H,5-6,19,31H2,1-4H3. The molecule has 0 aliphatic carbocycles. The molecule has 54 heavy (non-hydrogen) atoms. The zero-order valence-electron chi connectivity index (χ0n) is 31.1. The second-order valence-corrected chi connectivity index (χ2v) is 13.8. The summed E-state index contributed by atoms with van der Waals surface area (Å²) < 4.78 is 9.36. The molecule has 0 atom stereocenters. The number of esters is 1. The van der Waals surface area contributed by atoms with Crippen LogP contribution in [0.3, 0.4) is 0 Å². The van der Waals surface area contributed by atoms with Crippen LogP contribution in [0.2, 0.25) is 0 Å². The number of aryl methyl sites for hydroxylation is 1. The van der Waals surface area contributed by atoms with Crippen molar-refractivity contribution in [3.05, 3.63) is 179 Å². The van der Waals surface area contributed by atoms with E-state index in [4.69, 9.17) is 20.0 Å². The van der Waals surface area contributed by atoms with Crippen LogP contribution in [0, 0.1) is 0 Å². The van der Waals surface area contributed by atoms with Crippen molar-refractivity contribution < 1.29 is 14.6 Å². The van der Waals surface area contributed by atoms with Crippen molar-refractivity contribution in [3.63, 3.8) is 0 Å². The van der Waals surface area contributed by atoms with Crippen LogP contribution >= 0.6 is 0 Å². The summed E-state index contributed by atoms with van der Waals surface area (Å²) >= 11 is 0. The van der Waals surface area contributed by atoms with Crippen LogP contribution in [-0.2, 0) is 28.8 Å². The topological polar surface area (TPSA) is 108 Å². The molecule has 272 valence electrons. The van der Waals surface area contributed by atoms with Crippen LogP contribution in [0.25, 0.3) is 22.5 Å². The van der Waals surface area contributed by atoms with Gasteiger partial charge in [-0.2, -0.15) is 0 Å². The summed E-state index contributed by atoms with van der Waals surface area (Å²) in [6, 6.07) is 47.4. The monoisotopic (exact) mass is 716 g/mol. The van der Waals surface area contributed by atoms with E-state index < -0.39 is 17.1 Å². The third kappa shape index (κ3) is 6.74. The fourth-order valence-corrected chi connectivity index (χ4v) is 7.33. The molecule has 0 aliphatic rings. The molecule has 0 amide bonds. The van der Waals surface area contributed by atoms with Crippen LogP contribution in [0.1, 0.15) is 78.4 Å². The molecule has 0 unspecified atom stereocenters. The molecule has 0 radical (unpaired) electrons. The second kappa shape index (κ2) is 15.4.